The Morgan fingerprint density at radius 2 is 1.71 bits per heavy atom. The SMILES string of the molecule is CCC(C)(C)C1CCCC2=C1C(=O)c1ccccc1C2=O. The molecular weight excluding hydrogens is 260 g/mol. The second-order valence-electron chi connectivity index (χ2n) is 6.88. The Balaban J connectivity index is 2.17. The lowest BCUT2D eigenvalue weighted by molar-refractivity contribution is 0.0924. The van der Waals surface area contributed by atoms with Gasteiger partial charge in [-0.2, -0.15) is 0 Å². The van der Waals surface area contributed by atoms with Crippen molar-refractivity contribution in [1.82, 2.24) is 0 Å². The van der Waals surface area contributed by atoms with E-state index in [-0.39, 0.29) is 22.9 Å². The number of carbonyl (C=O) groups is 2. The standard InChI is InChI=1S/C19H22O2/c1-4-19(2,3)15-11-7-10-14-16(15)18(21)13-9-6-5-8-12(13)17(14)20/h5-6,8-9,15H,4,7,10-11H2,1-3H3. The maximum atomic E-state index is 13.0. The summed E-state index contributed by atoms with van der Waals surface area (Å²) in [4.78, 5) is 25.7. The van der Waals surface area contributed by atoms with Gasteiger partial charge in [0.1, 0.15) is 0 Å². The summed E-state index contributed by atoms with van der Waals surface area (Å²) < 4.78 is 0. The fourth-order valence-electron chi connectivity index (χ4n) is 3.72. The first-order chi connectivity index (χ1) is 9.97. The minimum Gasteiger partial charge on any atom is -0.289 e. The van der Waals surface area contributed by atoms with Crippen LogP contribution in [0.3, 0.4) is 0 Å². The predicted molar refractivity (Wildman–Crippen MR) is 83.5 cm³/mol. The van der Waals surface area contributed by atoms with Crippen molar-refractivity contribution in [3.05, 3.63) is 46.5 Å². The highest BCUT2D eigenvalue weighted by atomic mass is 16.1. The Morgan fingerprint density at radius 3 is 2.33 bits per heavy atom. The highest BCUT2D eigenvalue weighted by Crippen LogP contribution is 2.47. The lowest BCUT2D eigenvalue weighted by Crippen LogP contribution is -2.35. The number of benzene rings is 1. The van der Waals surface area contributed by atoms with Gasteiger partial charge in [-0.3, -0.25) is 9.59 Å². The molecule has 0 aliphatic heterocycles. The smallest absolute Gasteiger partial charge is 0.190 e. The molecular formula is C19H22O2. The number of hydrogen-bond donors (Lipinski definition) is 0. The Labute approximate surface area is 126 Å². The summed E-state index contributed by atoms with van der Waals surface area (Å²) in [5.41, 5.74) is 2.85. The van der Waals surface area contributed by atoms with Gasteiger partial charge in [-0.1, -0.05) is 51.5 Å². The van der Waals surface area contributed by atoms with Crippen LogP contribution in [0.2, 0.25) is 0 Å². The second-order valence-corrected chi connectivity index (χ2v) is 6.88. The van der Waals surface area contributed by atoms with Gasteiger partial charge in [-0.25, -0.2) is 0 Å². The molecule has 110 valence electrons. The molecule has 0 saturated carbocycles. The van der Waals surface area contributed by atoms with Crippen LogP contribution in [-0.2, 0) is 0 Å². The molecule has 0 fully saturated rings. The van der Waals surface area contributed by atoms with Crippen LogP contribution in [-0.4, -0.2) is 11.6 Å². The van der Waals surface area contributed by atoms with Gasteiger partial charge in [0.05, 0.1) is 0 Å². The number of ketones is 2. The number of allylic oxidation sites excluding steroid dienone is 2. The predicted octanol–water partition coefficient (Wildman–Crippen LogP) is 4.60. The average Bonchev–Trinajstić information content (AvgIpc) is 2.52. The van der Waals surface area contributed by atoms with Crippen molar-refractivity contribution in [3.63, 3.8) is 0 Å². The summed E-state index contributed by atoms with van der Waals surface area (Å²) in [5.74, 6) is 0.374. The van der Waals surface area contributed by atoms with Crippen molar-refractivity contribution in [3.8, 4) is 0 Å². The summed E-state index contributed by atoms with van der Waals surface area (Å²) >= 11 is 0. The molecule has 2 heteroatoms. The fourth-order valence-corrected chi connectivity index (χ4v) is 3.72. The van der Waals surface area contributed by atoms with E-state index in [4.69, 9.17) is 0 Å². The lowest BCUT2D eigenvalue weighted by atomic mass is 9.63. The lowest BCUT2D eigenvalue weighted by Gasteiger charge is -2.40. The van der Waals surface area contributed by atoms with E-state index in [9.17, 15) is 9.59 Å². The van der Waals surface area contributed by atoms with E-state index >= 15 is 0 Å². The first-order valence-electron chi connectivity index (χ1n) is 7.89. The largest absolute Gasteiger partial charge is 0.289 e. The normalized spacial score (nSPS) is 22.1. The van der Waals surface area contributed by atoms with Gasteiger partial charge in [-0.15, -0.1) is 0 Å². The molecule has 0 N–H and O–H groups in total. The zero-order valence-corrected chi connectivity index (χ0v) is 13.0. The van der Waals surface area contributed by atoms with Crippen LogP contribution in [0.1, 0.15) is 67.2 Å². The van der Waals surface area contributed by atoms with E-state index in [1.807, 2.05) is 12.1 Å². The first-order valence-corrected chi connectivity index (χ1v) is 7.89. The Bertz CT molecular complexity index is 649. The van der Waals surface area contributed by atoms with Crippen LogP contribution in [0, 0.1) is 11.3 Å². The molecule has 0 radical (unpaired) electrons. The second kappa shape index (κ2) is 4.94. The molecule has 0 saturated heterocycles. The zero-order chi connectivity index (χ0) is 15.2. The monoisotopic (exact) mass is 282 g/mol. The molecule has 3 rings (SSSR count). The first kappa shape index (κ1) is 14.2. The molecule has 2 nitrogen and oxygen atoms in total. The topological polar surface area (TPSA) is 34.1 Å². The Kier molecular flexibility index (Phi) is 3.35. The van der Waals surface area contributed by atoms with E-state index in [1.165, 1.54) is 0 Å². The van der Waals surface area contributed by atoms with E-state index in [2.05, 4.69) is 20.8 Å². The molecule has 0 aromatic heterocycles. The van der Waals surface area contributed by atoms with E-state index in [0.717, 1.165) is 36.8 Å². The summed E-state index contributed by atoms with van der Waals surface area (Å²) in [5, 5.41) is 0. The van der Waals surface area contributed by atoms with Gasteiger partial charge in [0.2, 0.25) is 0 Å². The molecule has 2 aliphatic carbocycles. The van der Waals surface area contributed by atoms with Gasteiger partial charge in [-0.05, 0) is 30.6 Å². The van der Waals surface area contributed by atoms with Crippen LogP contribution in [0.15, 0.2) is 35.4 Å². The van der Waals surface area contributed by atoms with Gasteiger partial charge in [0, 0.05) is 22.3 Å². The molecule has 1 aromatic carbocycles. The van der Waals surface area contributed by atoms with Crippen molar-refractivity contribution in [2.75, 3.05) is 0 Å². The molecule has 2 aliphatic rings. The van der Waals surface area contributed by atoms with Crippen molar-refractivity contribution in [2.45, 2.75) is 46.5 Å². The third-order valence-electron chi connectivity index (χ3n) is 5.38. The number of hydrogen-bond acceptors (Lipinski definition) is 2. The van der Waals surface area contributed by atoms with Crippen LogP contribution in [0.25, 0.3) is 0 Å². The number of rotatable bonds is 2. The van der Waals surface area contributed by atoms with Crippen molar-refractivity contribution in [2.24, 2.45) is 11.3 Å². The minimum atomic E-state index is 0.0588. The molecule has 0 bridgehead atoms. The summed E-state index contributed by atoms with van der Waals surface area (Å²) in [6, 6.07) is 7.27. The van der Waals surface area contributed by atoms with Gasteiger partial charge in [0.25, 0.3) is 0 Å². The molecule has 0 spiro atoms. The molecule has 1 unspecified atom stereocenters. The van der Waals surface area contributed by atoms with Crippen molar-refractivity contribution >= 4 is 11.6 Å². The molecule has 1 aromatic rings. The minimum absolute atomic E-state index is 0.0588. The highest BCUT2D eigenvalue weighted by Gasteiger charge is 2.42. The summed E-state index contributed by atoms with van der Waals surface area (Å²) in [7, 11) is 0. The van der Waals surface area contributed by atoms with Gasteiger partial charge in [0.15, 0.2) is 11.6 Å². The molecule has 1 atom stereocenters. The van der Waals surface area contributed by atoms with Gasteiger partial charge < -0.3 is 0 Å². The molecule has 0 amide bonds. The fraction of sp³-hybridized carbons (Fsp3) is 0.474. The van der Waals surface area contributed by atoms with Crippen LogP contribution >= 0.6 is 0 Å². The van der Waals surface area contributed by atoms with Crippen LogP contribution in [0.5, 0.6) is 0 Å². The van der Waals surface area contributed by atoms with E-state index in [0.29, 0.717) is 11.1 Å². The Morgan fingerprint density at radius 1 is 1.10 bits per heavy atom. The summed E-state index contributed by atoms with van der Waals surface area (Å²) in [6.07, 6.45) is 3.79. The maximum Gasteiger partial charge on any atom is 0.190 e. The number of Topliss-reactive ketones (excluding diaryl/α,β-unsaturated/α-hetero) is 2. The quantitative estimate of drug-likeness (QED) is 0.794. The van der Waals surface area contributed by atoms with Gasteiger partial charge >= 0.3 is 0 Å². The van der Waals surface area contributed by atoms with Crippen molar-refractivity contribution < 1.29 is 9.59 Å². The molecule has 0 heterocycles. The summed E-state index contributed by atoms with van der Waals surface area (Å²) in [6.45, 7) is 6.59. The van der Waals surface area contributed by atoms with E-state index < -0.39 is 0 Å². The van der Waals surface area contributed by atoms with Crippen LogP contribution < -0.4 is 0 Å². The number of fused-ring (bicyclic) bond motifs is 1. The third-order valence-corrected chi connectivity index (χ3v) is 5.38. The molecule has 21 heavy (non-hydrogen) atoms. The van der Waals surface area contributed by atoms with E-state index in [1.54, 1.807) is 12.1 Å². The average molecular weight is 282 g/mol. The Hall–Kier alpha value is -1.70. The number of carbonyl (C=O) groups excluding carboxylic acids is 2. The van der Waals surface area contributed by atoms with Crippen molar-refractivity contribution in [1.29, 1.82) is 0 Å². The third kappa shape index (κ3) is 2.08. The zero-order valence-electron chi connectivity index (χ0n) is 13.0. The maximum absolute atomic E-state index is 13.0. The highest BCUT2D eigenvalue weighted by molar-refractivity contribution is 6.27. The van der Waals surface area contributed by atoms with Crippen LogP contribution in [0.4, 0.5) is 0 Å².